The van der Waals surface area contributed by atoms with E-state index < -0.39 is 25.6 Å². The molecular weight excluding hydrogens is 404 g/mol. The Morgan fingerprint density at radius 3 is 2.35 bits per heavy atom. The van der Waals surface area contributed by atoms with Crippen LogP contribution >= 0.6 is 19.8 Å². The summed E-state index contributed by atoms with van der Waals surface area (Å²) in [4.78, 5) is 8.42. The fraction of sp³-hybridized carbons (Fsp3) is 0.333. The van der Waals surface area contributed by atoms with Crippen LogP contribution in [0.25, 0.3) is 0 Å². The Morgan fingerprint density at radius 1 is 1.35 bits per heavy atom. The van der Waals surface area contributed by atoms with Gasteiger partial charge in [0.25, 0.3) is 0 Å². The number of allylic oxidation sites excluding steroid dienone is 6. The second kappa shape index (κ2) is 11.1. The summed E-state index contributed by atoms with van der Waals surface area (Å²) in [6, 6.07) is 0. The molecule has 3 nitrogen and oxygen atoms in total. The van der Waals surface area contributed by atoms with Gasteiger partial charge in [-0.15, -0.1) is 0 Å². The van der Waals surface area contributed by atoms with E-state index in [0.717, 1.165) is 9.15 Å². The second-order valence-electron chi connectivity index (χ2n) is 4.90. The van der Waals surface area contributed by atoms with Crippen LogP contribution in [0.2, 0.25) is 0 Å². The molecule has 0 spiro atoms. The third-order valence-corrected chi connectivity index (χ3v) is 6.27. The number of nitrogens with zero attached hydrogens (tertiary/aromatic N) is 1. The molecule has 0 aliphatic rings. The minimum atomic E-state index is -1.65. The number of hydrogen-bond acceptors (Lipinski definition) is 3. The van der Waals surface area contributed by atoms with Crippen molar-refractivity contribution >= 4 is 31.7 Å². The summed E-state index contributed by atoms with van der Waals surface area (Å²) in [7, 11) is 0. The summed E-state index contributed by atoms with van der Waals surface area (Å²) in [5, 5.41) is 8.42. The maximum atomic E-state index is 14.1. The summed E-state index contributed by atoms with van der Waals surface area (Å²) in [5.74, 6) is -0.531. The first-order valence-corrected chi connectivity index (χ1v) is 12.6. The van der Waals surface area contributed by atoms with Gasteiger partial charge in [0, 0.05) is 0 Å². The van der Waals surface area contributed by atoms with Crippen LogP contribution in [0.15, 0.2) is 62.2 Å². The molecule has 0 unspecified atom stereocenters. The molecule has 0 aromatic rings. The van der Waals surface area contributed by atoms with E-state index in [-0.39, 0.29) is 0 Å². The van der Waals surface area contributed by atoms with Gasteiger partial charge in [-0.2, -0.15) is 0 Å². The number of alkyl halides is 2. The first-order chi connectivity index (χ1) is 10.8. The molecule has 23 heavy (non-hydrogen) atoms. The van der Waals surface area contributed by atoms with Crippen LogP contribution in [0.3, 0.4) is 0 Å². The monoisotopic (exact) mass is 431 g/mol. The average Bonchev–Trinajstić information content (AvgIpc) is 2.47. The van der Waals surface area contributed by atoms with Crippen LogP contribution < -0.4 is 5.73 Å². The Morgan fingerprint density at radius 2 is 1.96 bits per heavy atom. The van der Waals surface area contributed by atoms with Crippen molar-refractivity contribution in [3.05, 3.63) is 57.3 Å². The molecule has 0 saturated carbocycles. The normalized spacial score (nSPS) is 15.1. The number of halogens is 2. The molecule has 0 amide bonds. The first-order valence-electron chi connectivity index (χ1n) is 7.17. The zero-order valence-corrected chi connectivity index (χ0v) is 16.7. The van der Waals surface area contributed by atoms with E-state index in [4.69, 9.17) is 11.1 Å². The van der Waals surface area contributed by atoms with E-state index in [1.165, 1.54) is 6.20 Å². The number of aliphatic imine (C=N–C) groups is 1. The average molecular weight is 431 g/mol. The third kappa shape index (κ3) is 7.07. The molecule has 0 heterocycles. The SMILES string of the molecule is C=C(F)C(/C(=C/C)N=CC)=C(\C(=N)C/C=C(C)\C=C/N)I(C)C. The van der Waals surface area contributed by atoms with Gasteiger partial charge in [0.1, 0.15) is 0 Å². The van der Waals surface area contributed by atoms with Gasteiger partial charge >= 0.3 is 147 Å². The van der Waals surface area contributed by atoms with Gasteiger partial charge in [0.05, 0.1) is 0 Å². The first kappa shape index (κ1) is 21.5. The number of nitrogens with two attached hydrogens (primary N) is 1. The van der Waals surface area contributed by atoms with Gasteiger partial charge in [-0.05, 0) is 0 Å². The predicted octanol–water partition coefficient (Wildman–Crippen LogP) is 5.31. The van der Waals surface area contributed by atoms with E-state index in [1.807, 2.05) is 19.9 Å². The number of nitrogens with one attached hydrogen (secondary N) is 1. The standard InChI is InChI=1S/C18H27FIN3/c1-7-16(23-8-2)17(14(4)19)18(20(5)6)15(22)10-9-13(3)11-12-21/h7-9,11-12,22H,4,10,21H2,1-3,5-6H3/b12-11-,13-9-,16-7-,18-17-,22-15?,23-8?. The van der Waals surface area contributed by atoms with E-state index in [0.29, 0.717) is 23.4 Å². The van der Waals surface area contributed by atoms with Crippen molar-refractivity contribution in [3.8, 4) is 0 Å². The van der Waals surface area contributed by atoms with Crippen LogP contribution in [0, 0.1) is 5.41 Å². The van der Waals surface area contributed by atoms with Crippen molar-refractivity contribution in [1.29, 1.82) is 5.41 Å². The van der Waals surface area contributed by atoms with Crippen molar-refractivity contribution in [1.82, 2.24) is 0 Å². The summed E-state index contributed by atoms with van der Waals surface area (Å²) in [6.45, 7) is 8.98. The molecule has 3 N–H and O–H groups in total. The van der Waals surface area contributed by atoms with Crippen LogP contribution in [-0.2, 0) is 0 Å². The molecular formula is C18H27FIN3. The van der Waals surface area contributed by atoms with E-state index in [2.05, 4.69) is 21.4 Å². The fourth-order valence-electron chi connectivity index (χ4n) is 1.93. The predicted molar refractivity (Wildman–Crippen MR) is 110 cm³/mol. The topological polar surface area (TPSA) is 62.2 Å². The zero-order valence-electron chi connectivity index (χ0n) is 14.6. The quantitative estimate of drug-likeness (QED) is 0.233. The summed E-state index contributed by atoms with van der Waals surface area (Å²) >= 11 is -1.65. The second-order valence-corrected chi connectivity index (χ2v) is 10.3. The molecule has 128 valence electrons. The molecule has 0 fully saturated rings. The Hall–Kier alpha value is -1.50. The molecule has 0 aromatic heterocycles. The molecule has 0 bridgehead atoms. The van der Waals surface area contributed by atoms with E-state index in [9.17, 15) is 4.39 Å². The summed E-state index contributed by atoms with van der Waals surface area (Å²) in [6.07, 6.45) is 8.98. The Kier molecular flexibility index (Phi) is 10.4. The van der Waals surface area contributed by atoms with E-state index in [1.54, 1.807) is 25.3 Å². The summed E-state index contributed by atoms with van der Waals surface area (Å²) in [5.41, 5.74) is 7.67. The van der Waals surface area contributed by atoms with Crippen molar-refractivity contribution < 1.29 is 4.39 Å². The molecule has 0 saturated heterocycles. The number of hydrogen-bond donors (Lipinski definition) is 2. The van der Waals surface area contributed by atoms with Crippen LogP contribution in [0.5, 0.6) is 0 Å². The van der Waals surface area contributed by atoms with Gasteiger partial charge in [-0.25, -0.2) is 0 Å². The Labute approximate surface area is 146 Å². The van der Waals surface area contributed by atoms with Crippen LogP contribution in [0.1, 0.15) is 27.2 Å². The van der Waals surface area contributed by atoms with Crippen LogP contribution in [-0.4, -0.2) is 21.8 Å². The summed E-state index contributed by atoms with van der Waals surface area (Å²) < 4.78 is 14.9. The molecule has 0 aliphatic carbocycles. The molecule has 5 heteroatoms. The Balaban J connectivity index is 6.01. The molecule has 0 atom stereocenters. The van der Waals surface area contributed by atoms with Gasteiger partial charge in [0.2, 0.25) is 0 Å². The van der Waals surface area contributed by atoms with Crippen molar-refractivity contribution in [3.63, 3.8) is 0 Å². The van der Waals surface area contributed by atoms with Gasteiger partial charge < -0.3 is 0 Å². The fourth-order valence-corrected chi connectivity index (χ4v) is 5.10. The van der Waals surface area contributed by atoms with Crippen molar-refractivity contribution in [2.45, 2.75) is 27.2 Å². The minimum absolute atomic E-state index is 0.381. The van der Waals surface area contributed by atoms with Gasteiger partial charge in [0.15, 0.2) is 0 Å². The third-order valence-electron chi connectivity index (χ3n) is 2.92. The maximum absolute atomic E-state index is 14.1. The number of rotatable bonds is 8. The molecule has 0 rings (SSSR count). The zero-order chi connectivity index (χ0) is 18.0. The van der Waals surface area contributed by atoms with Crippen LogP contribution in [0.4, 0.5) is 4.39 Å². The Bertz CT molecular complexity index is 593. The van der Waals surface area contributed by atoms with Gasteiger partial charge in [-0.3, -0.25) is 0 Å². The van der Waals surface area contributed by atoms with Crippen molar-refractivity contribution in [2.24, 2.45) is 10.7 Å². The molecule has 0 aromatic carbocycles. The van der Waals surface area contributed by atoms with Gasteiger partial charge in [-0.1, -0.05) is 0 Å². The van der Waals surface area contributed by atoms with E-state index >= 15 is 0 Å². The van der Waals surface area contributed by atoms with Crippen molar-refractivity contribution in [2.75, 3.05) is 9.86 Å². The molecule has 0 radical (unpaired) electrons. The molecule has 0 aliphatic heterocycles.